The second kappa shape index (κ2) is 6.54. The molecule has 0 saturated heterocycles. The Hall–Kier alpha value is -1.15. The highest BCUT2D eigenvalue weighted by molar-refractivity contribution is 5.99. The predicted molar refractivity (Wildman–Crippen MR) is 91.1 cm³/mol. The molecule has 22 heavy (non-hydrogen) atoms. The number of nitrogens with one attached hydrogen (secondary N) is 1. The van der Waals surface area contributed by atoms with Crippen LogP contribution in [0.3, 0.4) is 0 Å². The van der Waals surface area contributed by atoms with Gasteiger partial charge in [0.1, 0.15) is 0 Å². The number of fused-ring (bicyclic) bond motifs is 2. The summed E-state index contributed by atoms with van der Waals surface area (Å²) in [4.78, 5) is 12.6. The number of hydrogen-bond acceptors (Lipinski definition) is 2. The highest BCUT2D eigenvalue weighted by Gasteiger charge is 2.42. The van der Waals surface area contributed by atoms with Crippen LogP contribution in [0, 0.1) is 17.8 Å². The molecule has 2 aliphatic rings. The Morgan fingerprint density at radius 1 is 1.18 bits per heavy atom. The van der Waals surface area contributed by atoms with Crippen LogP contribution in [0.15, 0.2) is 24.3 Å². The van der Waals surface area contributed by atoms with Crippen LogP contribution in [0.1, 0.15) is 62.4 Å². The third kappa shape index (κ3) is 3.12. The van der Waals surface area contributed by atoms with Gasteiger partial charge < -0.3 is 5.32 Å². The van der Waals surface area contributed by atoms with Crippen molar-refractivity contribution in [3.8, 4) is 0 Å². The second-order valence-electron chi connectivity index (χ2n) is 7.43. The minimum absolute atomic E-state index is 0.0957. The molecule has 1 aromatic rings. The molecule has 0 radical (unpaired) electrons. The van der Waals surface area contributed by atoms with Crippen molar-refractivity contribution in [2.24, 2.45) is 17.8 Å². The van der Waals surface area contributed by atoms with Crippen molar-refractivity contribution in [3.63, 3.8) is 0 Å². The van der Waals surface area contributed by atoms with E-state index >= 15 is 0 Å². The van der Waals surface area contributed by atoms with Crippen molar-refractivity contribution in [1.29, 1.82) is 0 Å². The average Bonchev–Trinajstić information content (AvgIpc) is 3.17. The van der Waals surface area contributed by atoms with Gasteiger partial charge in [0.2, 0.25) is 0 Å². The van der Waals surface area contributed by atoms with Gasteiger partial charge in [-0.25, -0.2) is 0 Å². The molecular weight excluding hydrogens is 270 g/mol. The lowest BCUT2D eigenvalue weighted by Crippen LogP contribution is -2.44. The Kier molecular flexibility index (Phi) is 4.67. The summed E-state index contributed by atoms with van der Waals surface area (Å²) < 4.78 is 0. The number of benzene rings is 1. The predicted octanol–water partition coefficient (Wildman–Crippen LogP) is 4.23. The minimum Gasteiger partial charge on any atom is -0.305 e. The van der Waals surface area contributed by atoms with Crippen LogP contribution in [0.4, 0.5) is 0 Å². The summed E-state index contributed by atoms with van der Waals surface area (Å²) in [6.45, 7) is 6.42. The SMILES string of the molecule is CCc1ccc(C(=O)C(C)NC(C)C2CC3CCC2C3)cc1. The number of carbonyl (C=O) groups excluding carboxylic acids is 1. The molecule has 5 unspecified atom stereocenters. The maximum atomic E-state index is 12.6. The first-order valence-electron chi connectivity index (χ1n) is 8.97. The van der Waals surface area contributed by atoms with Crippen molar-refractivity contribution in [1.82, 2.24) is 5.32 Å². The molecular formula is C20H29NO. The standard InChI is InChI=1S/C20H29NO/c1-4-15-5-8-17(9-6-15)20(22)14(3)21-13(2)19-12-16-7-10-18(19)11-16/h5-6,8-9,13-14,16,18-19,21H,4,7,10-12H2,1-3H3. The summed E-state index contributed by atoms with van der Waals surface area (Å²) in [6, 6.07) is 8.44. The molecule has 1 aromatic carbocycles. The highest BCUT2D eigenvalue weighted by Crippen LogP contribution is 2.49. The molecule has 0 amide bonds. The third-order valence-corrected chi connectivity index (χ3v) is 5.99. The zero-order valence-electron chi connectivity index (χ0n) is 14.1. The summed E-state index contributed by atoms with van der Waals surface area (Å²) >= 11 is 0. The number of rotatable bonds is 6. The molecule has 120 valence electrons. The Labute approximate surface area is 134 Å². The van der Waals surface area contributed by atoms with E-state index in [-0.39, 0.29) is 11.8 Å². The van der Waals surface area contributed by atoms with Gasteiger partial charge in [-0.1, -0.05) is 37.6 Å². The summed E-state index contributed by atoms with van der Waals surface area (Å²) in [5, 5.41) is 3.58. The van der Waals surface area contributed by atoms with Gasteiger partial charge >= 0.3 is 0 Å². The van der Waals surface area contributed by atoms with Crippen LogP contribution in [0.5, 0.6) is 0 Å². The molecule has 2 fully saturated rings. The van der Waals surface area contributed by atoms with Crippen LogP contribution in [0.25, 0.3) is 0 Å². The van der Waals surface area contributed by atoms with E-state index in [1.165, 1.54) is 31.2 Å². The monoisotopic (exact) mass is 299 g/mol. The number of aryl methyl sites for hydroxylation is 1. The molecule has 2 saturated carbocycles. The van der Waals surface area contributed by atoms with E-state index in [9.17, 15) is 4.79 Å². The second-order valence-corrected chi connectivity index (χ2v) is 7.43. The van der Waals surface area contributed by atoms with Crippen molar-refractivity contribution in [2.45, 2.75) is 65.0 Å². The fraction of sp³-hybridized carbons (Fsp3) is 0.650. The first-order chi connectivity index (χ1) is 10.6. The van der Waals surface area contributed by atoms with E-state index in [1.807, 2.05) is 19.1 Å². The Balaban J connectivity index is 1.58. The Morgan fingerprint density at radius 2 is 1.91 bits per heavy atom. The van der Waals surface area contributed by atoms with E-state index in [4.69, 9.17) is 0 Å². The van der Waals surface area contributed by atoms with E-state index in [1.54, 1.807) is 0 Å². The molecule has 2 heteroatoms. The van der Waals surface area contributed by atoms with E-state index in [2.05, 4.69) is 31.3 Å². The average molecular weight is 299 g/mol. The lowest BCUT2D eigenvalue weighted by molar-refractivity contribution is 0.0934. The first kappa shape index (κ1) is 15.7. The van der Waals surface area contributed by atoms with E-state index in [0.29, 0.717) is 6.04 Å². The van der Waals surface area contributed by atoms with Gasteiger partial charge in [-0.05, 0) is 62.8 Å². The van der Waals surface area contributed by atoms with Crippen LogP contribution in [0.2, 0.25) is 0 Å². The Bertz CT molecular complexity index is 521. The van der Waals surface area contributed by atoms with Gasteiger partial charge in [0.05, 0.1) is 6.04 Å². The summed E-state index contributed by atoms with van der Waals surface area (Å²) in [5.41, 5.74) is 2.12. The zero-order valence-corrected chi connectivity index (χ0v) is 14.1. The zero-order chi connectivity index (χ0) is 15.7. The summed E-state index contributed by atoms with van der Waals surface area (Å²) in [7, 11) is 0. The molecule has 3 rings (SSSR count). The minimum atomic E-state index is -0.0957. The van der Waals surface area contributed by atoms with Crippen LogP contribution >= 0.6 is 0 Å². The van der Waals surface area contributed by atoms with Crippen molar-refractivity contribution in [2.75, 3.05) is 0 Å². The molecule has 2 aliphatic carbocycles. The molecule has 0 aromatic heterocycles. The number of ketones is 1. The molecule has 5 atom stereocenters. The lowest BCUT2D eigenvalue weighted by atomic mass is 9.83. The lowest BCUT2D eigenvalue weighted by Gasteiger charge is -2.30. The van der Waals surface area contributed by atoms with Gasteiger partial charge in [-0.15, -0.1) is 0 Å². The first-order valence-corrected chi connectivity index (χ1v) is 8.97. The fourth-order valence-corrected chi connectivity index (χ4v) is 4.65. The van der Waals surface area contributed by atoms with Crippen molar-refractivity contribution < 1.29 is 4.79 Å². The maximum absolute atomic E-state index is 12.6. The van der Waals surface area contributed by atoms with Gasteiger partial charge in [-0.2, -0.15) is 0 Å². The largest absolute Gasteiger partial charge is 0.305 e. The Morgan fingerprint density at radius 3 is 2.45 bits per heavy atom. The molecule has 1 N–H and O–H groups in total. The van der Waals surface area contributed by atoms with Crippen LogP contribution in [-0.4, -0.2) is 17.9 Å². The topological polar surface area (TPSA) is 29.1 Å². The normalized spacial score (nSPS) is 29.5. The van der Waals surface area contributed by atoms with Crippen LogP contribution in [-0.2, 0) is 6.42 Å². The molecule has 2 bridgehead atoms. The van der Waals surface area contributed by atoms with E-state index < -0.39 is 0 Å². The number of hydrogen-bond donors (Lipinski definition) is 1. The van der Waals surface area contributed by atoms with Gasteiger partial charge in [-0.3, -0.25) is 4.79 Å². The molecule has 0 spiro atoms. The molecule has 0 aliphatic heterocycles. The van der Waals surface area contributed by atoms with Crippen molar-refractivity contribution >= 4 is 5.78 Å². The maximum Gasteiger partial charge on any atom is 0.179 e. The van der Waals surface area contributed by atoms with E-state index in [0.717, 1.165) is 29.7 Å². The van der Waals surface area contributed by atoms with Gasteiger partial charge in [0.25, 0.3) is 0 Å². The van der Waals surface area contributed by atoms with Gasteiger partial charge in [0, 0.05) is 11.6 Å². The van der Waals surface area contributed by atoms with Crippen molar-refractivity contribution in [3.05, 3.63) is 35.4 Å². The molecule has 2 nitrogen and oxygen atoms in total. The highest BCUT2D eigenvalue weighted by atomic mass is 16.1. The summed E-state index contributed by atoms with van der Waals surface area (Å²) in [6.07, 6.45) is 6.65. The number of carbonyl (C=O) groups is 1. The fourth-order valence-electron chi connectivity index (χ4n) is 4.65. The summed E-state index contributed by atoms with van der Waals surface area (Å²) in [5.74, 6) is 2.86. The smallest absolute Gasteiger partial charge is 0.179 e. The van der Waals surface area contributed by atoms with Gasteiger partial charge in [0.15, 0.2) is 5.78 Å². The quantitative estimate of drug-likeness (QED) is 0.796. The van der Waals surface area contributed by atoms with Crippen LogP contribution < -0.4 is 5.32 Å². The third-order valence-electron chi connectivity index (χ3n) is 5.99. The number of Topliss-reactive ketones (excluding diaryl/α,β-unsaturated/α-hetero) is 1. The molecule has 0 heterocycles.